The quantitative estimate of drug-likeness (QED) is 0.334. The molecule has 3 rings (SSSR count). The minimum Gasteiger partial charge on any atom is -0.378 e. The van der Waals surface area contributed by atoms with Crippen LogP contribution in [0.2, 0.25) is 0 Å². The average molecular weight is 456 g/mol. The summed E-state index contributed by atoms with van der Waals surface area (Å²) in [5, 5.41) is 0. The fourth-order valence-corrected chi connectivity index (χ4v) is 4.44. The molecule has 0 aliphatic carbocycles. The molecule has 0 saturated heterocycles. The molecule has 0 aliphatic heterocycles. The van der Waals surface area contributed by atoms with E-state index in [2.05, 4.69) is 111 Å². The molecule has 3 nitrogen and oxygen atoms in total. The van der Waals surface area contributed by atoms with Crippen LogP contribution in [-0.4, -0.2) is 25.3 Å². The van der Waals surface area contributed by atoms with Gasteiger partial charge < -0.3 is 4.90 Å². The Morgan fingerprint density at radius 1 is 0.794 bits per heavy atom. The minimum absolute atomic E-state index is 0.422. The highest BCUT2D eigenvalue weighted by Gasteiger charge is 2.19. The van der Waals surface area contributed by atoms with Gasteiger partial charge in [-0.1, -0.05) is 59.7 Å². The third kappa shape index (κ3) is 5.58. The Bertz CT molecular complexity index is 1130. The number of aliphatic imine (C=N–C) groups is 1. The Balaban J connectivity index is 2.09. The molecule has 0 atom stereocenters. The van der Waals surface area contributed by atoms with Crippen molar-refractivity contribution >= 4 is 17.6 Å². The first-order chi connectivity index (χ1) is 16.0. The maximum absolute atomic E-state index is 5.07. The van der Waals surface area contributed by atoms with Crippen molar-refractivity contribution in [1.82, 2.24) is 4.98 Å². The minimum atomic E-state index is 0.422. The third-order valence-corrected chi connectivity index (χ3v) is 6.48. The fraction of sp³-hybridized carbons (Fsp3) is 0.419. The Morgan fingerprint density at radius 2 is 1.35 bits per heavy atom. The number of benzene rings is 2. The number of anilines is 1. The van der Waals surface area contributed by atoms with Gasteiger partial charge in [0.1, 0.15) is 0 Å². The van der Waals surface area contributed by atoms with Crippen LogP contribution in [-0.2, 0) is 0 Å². The number of aryl methyl sites for hydroxylation is 2. The zero-order valence-corrected chi connectivity index (χ0v) is 22.7. The molecule has 34 heavy (non-hydrogen) atoms. The van der Waals surface area contributed by atoms with Gasteiger partial charge in [-0.3, -0.25) is 4.99 Å². The lowest BCUT2D eigenvalue weighted by atomic mass is 9.83. The molecule has 0 radical (unpaired) electrons. The van der Waals surface area contributed by atoms with Crippen LogP contribution in [0.3, 0.4) is 0 Å². The van der Waals surface area contributed by atoms with Crippen molar-refractivity contribution in [2.24, 2.45) is 4.99 Å². The van der Waals surface area contributed by atoms with E-state index in [0.717, 1.165) is 17.1 Å². The normalized spacial score (nSPS) is 11.9. The molecule has 0 aliphatic rings. The van der Waals surface area contributed by atoms with E-state index in [1.165, 1.54) is 39.1 Å². The standard InChI is InChI=1S/C31H41N3/c1-19(2)24-16-27(20(3)4)30(28(17-24)21(5)6)29-13-11-12-25(33-29)18-32-31-22(7)14-26(34(9)10)15-23(31)8/h11-21H,1-10H3. The summed E-state index contributed by atoms with van der Waals surface area (Å²) in [7, 11) is 4.13. The summed E-state index contributed by atoms with van der Waals surface area (Å²) in [6.07, 6.45) is 1.90. The highest BCUT2D eigenvalue weighted by atomic mass is 15.1. The van der Waals surface area contributed by atoms with Crippen LogP contribution in [0.4, 0.5) is 11.4 Å². The van der Waals surface area contributed by atoms with Crippen LogP contribution in [0.1, 0.15) is 92.8 Å². The average Bonchev–Trinajstić information content (AvgIpc) is 2.77. The summed E-state index contributed by atoms with van der Waals surface area (Å²) in [4.78, 5) is 12.1. The Morgan fingerprint density at radius 3 is 1.82 bits per heavy atom. The van der Waals surface area contributed by atoms with Crippen LogP contribution in [0.15, 0.2) is 47.5 Å². The third-order valence-electron chi connectivity index (χ3n) is 6.48. The molecule has 0 fully saturated rings. The van der Waals surface area contributed by atoms with Gasteiger partial charge >= 0.3 is 0 Å². The predicted octanol–water partition coefficient (Wildman–Crippen LogP) is 8.55. The Kier molecular flexibility index (Phi) is 7.97. The second kappa shape index (κ2) is 10.5. The van der Waals surface area contributed by atoms with E-state index in [-0.39, 0.29) is 0 Å². The molecule has 0 bridgehead atoms. The Labute approximate surface area is 207 Å². The Hall–Kier alpha value is -2.94. The van der Waals surface area contributed by atoms with Gasteiger partial charge in [-0.2, -0.15) is 0 Å². The highest BCUT2D eigenvalue weighted by molar-refractivity contribution is 5.83. The number of hydrogen-bond acceptors (Lipinski definition) is 3. The molecule has 3 aromatic rings. The van der Waals surface area contributed by atoms with Crippen molar-refractivity contribution in [1.29, 1.82) is 0 Å². The fourth-order valence-electron chi connectivity index (χ4n) is 4.44. The predicted molar refractivity (Wildman–Crippen MR) is 149 cm³/mol. The van der Waals surface area contributed by atoms with Crippen molar-refractivity contribution in [3.8, 4) is 11.3 Å². The molecule has 1 heterocycles. The van der Waals surface area contributed by atoms with Crippen molar-refractivity contribution in [2.75, 3.05) is 19.0 Å². The summed E-state index contributed by atoms with van der Waals surface area (Å²) in [6.45, 7) is 17.9. The first-order valence-electron chi connectivity index (χ1n) is 12.5. The van der Waals surface area contributed by atoms with Crippen LogP contribution < -0.4 is 4.90 Å². The van der Waals surface area contributed by atoms with Crippen molar-refractivity contribution in [3.63, 3.8) is 0 Å². The first kappa shape index (κ1) is 25.7. The summed E-state index contributed by atoms with van der Waals surface area (Å²) >= 11 is 0. The van der Waals surface area contributed by atoms with E-state index >= 15 is 0 Å². The SMILES string of the molecule is Cc1cc(N(C)C)cc(C)c1N=Cc1cccc(-c2c(C(C)C)cc(C(C)C)cc2C(C)C)n1. The highest BCUT2D eigenvalue weighted by Crippen LogP contribution is 2.38. The molecular weight excluding hydrogens is 414 g/mol. The van der Waals surface area contributed by atoms with Gasteiger partial charge in [0.25, 0.3) is 0 Å². The summed E-state index contributed by atoms with van der Waals surface area (Å²) < 4.78 is 0. The van der Waals surface area contributed by atoms with Crippen molar-refractivity contribution in [2.45, 2.75) is 73.1 Å². The monoisotopic (exact) mass is 455 g/mol. The van der Waals surface area contributed by atoms with E-state index in [1.54, 1.807) is 0 Å². The summed E-state index contributed by atoms with van der Waals surface area (Å²) in [5.74, 6) is 1.34. The molecule has 0 spiro atoms. The zero-order chi connectivity index (χ0) is 25.2. The second-order valence-electron chi connectivity index (χ2n) is 10.6. The second-order valence-corrected chi connectivity index (χ2v) is 10.6. The number of pyridine rings is 1. The van der Waals surface area contributed by atoms with E-state index in [1.807, 2.05) is 12.3 Å². The van der Waals surface area contributed by atoms with E-state index in [9.17, 15) is 0 Å². The smallest absolute Gasteiger partial charge is 0.0820 e. The molecule has 0 unspecified atom stereocenters. The van der Waals surface area contributed by atoms with Gasteiger partial charge in [-0.15, -0.1) is 0 Å². The number of aromatic nitrogens is 1. The lowest BCUT2D eigenvalue weighted by Crippen LogP contribution is -2.09. The summed E-state index contributed by atoms with van der Waals surface area (Å²) in [5.41, 5.74) is 11.9. The maximum atomic E-state index is 5.07. The lowest BCUT2D eigenvalue weighted by molar-refractivity contribution is 0.806. The van der Waals surface area contributed by atoms with E-state index < -0.39 is 0 Å². The van der Waals surface area contributed by atoms with Gasteiger partial charge in [0.05, 0.1) is 23.3 Å². The molecular formula is C31H41N3. The largest absolute Gasteiger partial charge is 0.378 e. The van der Waals surface area contributed by atoms with Crippen molar-refractivity contribution in [3.05, 3.63) is 76.0 Å². The molecule has 1 aromatic heterocycles. The van der Waals surface area contributed by atoms with Gasteiger partial charge in [-0.05, 0) is 83.7 Å². The molecule has 3 heteroatoms. The molecule has 0 saturated carbocycles. The van der Waals surface area contributed by atoms with Crippen molar-refractivity contribution < 1.29 is 0 Å². The van der Waals surface area contributed by atoms with Gasteiger partial charge in [0.15, 0.2) is 0 Å². The molecule has 180 valence electrons. The number of hydrogen-bond donors (Lipinski definition) is 0. The molecule has 0 N–H and O–H groups in total. The maximum Gasteiger partial charge on any atom is 0.0820 e. The van der Waals surface area contributed by atoms with Gasteiger partial charge in [-0.25, -0.2) is 4.98 Å². The summed E-state index contributed by atoms with van der Waals surface area (Å²) in [6, 6.07) is 15.4. The molecule has 2 aromatic carbocycles. The first-order valence-corrected chi connectivity index (χ1v) is 12.5. The van der Waals surface area contributed by atoms with Crippen LogP contribution >= 0.6 is 0 Å². The number of rotatable bonds is 7. The van der Waals surface area contributed by atoms with Gasteiger partial charge in [0.2, 0.25) is 0 Å². The van der Waals surface area contributed by atoms with E-state index in [0.29, 0.717) is 17.8 Å². The van der Waals surface area contributed by atoms with Crippen LogP contribution in [0, 0.1) is 13.8 Å². The van der Waals surface area contributed by atoms with E-state index in [4.69, 9.17) is 9.98 Å². The van der Waals surface area contributed by atoms with Gasteiger partial charge in [0, 0.05) is 25.3 Å². The van der Waals surface area contributed by atoms with Crippen LogP contribution in [0.25, 0.3) is 11.3 Å². The van der Waals surface area contributed by atoms with Crippen LogP contribution in [0.5, 0.6) is 0 Å². The molecule has 0 amide bonds. The number of nitrogens with zero attached hydrogens (tertiary/aromatic N) is 3. The topological polar surface area (TPSA) is 28.5 Å². The lowest BCUT2D eigenvalue weighted by Gasteiger charge is -2.22. The zero-order valence-electron chi connectivity index (χ0n) is 22.7.